The highest BCUT2D eigenvalue weighted by Crippen LogP contribution is 2.34. The lowest BCUT2D eigenvalue weighted by Crippen LogP contribution is -2.46. The van der Waals surface area contributed by atoms with Crippen LogP contribution in [0.15, 0.2) is 65.0 Å². The van der Waals surface area contributed by atoms with E-state index in [0.717, 1.165) is 33.4 Å². The normalized spacial score (nSPS) is 18.4. The molecule has 0 bridgehead atoms. The zero-order valence-corrected chi connectivity index (χ0v) is 19.0. The van der Waals surface area contributed by atoms with Crippen LogP contribution in [0, 0.1) is 12.7 Å². The van der Waals surface area contributed by atoms with Crippen molar-refractivity contribution in [2.75, 3.05) is 18.1 Å². The van der Waals surface area contributed by atoms with E-state index in [1.54, 1.807) is 18.4 Å². The fourth-order valence-corrected chi connectivity index (χ4v) is 5.39. The van der Waals surface area contributed by atoms with E-state index < -0.39 is 16.0 Å². The largest absolute Gasteiger partial charge is 0.495 e. The predicted molar refractivity (Wildman–Crippen MR) is 124 cm³/mol. The van der Waals surface area contributed by atoms with Gasteiger partial charge < -0.3 is 9.30 Å². The van der Waals surface area contributed by atoms with Gasteiger partial charge in [0.2, 0.25) is 0 Å². The first-order valence-electron chi connectivity index (χ1n) is 10.4. The Balaban J connectivity index is 1.50. The minimum Gasteiger partial charge on any atom is -0.495 e. The van der Waals surface area contributed by atoms with Gasteiger partial charge in [-0.2, -0.15) is 12.8 Å². The van der Waals surface area contributed by atoms with Gasteiger partial charge in [-0.1, -0.05) is 6.07 Å². The maximum atomic E-state index is 13.4. The fraction of sp³-hybridized carbons (Fsp3) is 0.217. The number of ether oxygens (including phenoxy) is 1. The predicted octanol–water partition coefficient (Wildman–Crippen LogP) is 3.89. The van der Waals surface area contributed by atoms with Crippen molar-refractivity contribution in [2.45, 2.75) is 19.8 Å². The topological polar surface area (TPSA) is 80.0 Å². The summed E-state index contributed by atoms with van der Waals surface area (Å²) in [6.07, 6.45) is 7.01. The molecule has 0 atom stereocenters. The van der Waals surface area contributed by atoms with E-state index in [0.29, 0.717) is 30.2 Å². The molecule has 0 amide bonds. The average Bonchev–Trinajstić information content (AvgIpc) is 3.34. The highest BCUT2D eigenvalue weighted by Gasteiger charge is 2.41. The maximum absolute atomic E-state index is 13.4. The van der Waals surface area contributed by atoms with E-state index in [1.807, 2.05) is 42.0 Å². The molecule has 0 radical (unpaired) electrons. The van der Waals surface area contributed by atoms with Crippen LogP contribution in [0.25, 0.3) is 11.8 Å². The number of nitrogens with zero attached hydrogens (tertiary/aromatic N) is 5. The minimum atomic E-state index is -3.97. The van der Waals surface area contributed by atoms with Crippen LogP contribution in [0.3, 0.4) is 0 Å². The molecule has 1 aromatic heterocycles. The van der Waals surface area contributed by atoms with Crippen LogP contribution in [0.1, 0.15) is 24.1 Å². The van der Waals surface area contributed by atoms with Gasteiger partial charge in [-0.15, -0.1) is 4.40 Å². The van der Waals surface area contributed by atoms with Crippen molar-refractivity contribution in [1.82, 2.24) is 14.6 Å². The summed E-state index contributed by atoms with van der Waals surface area (Å²) in [6.45, 7) is 2.41. The van der Waals surface area contributed by atoms with Crippen LogP contribution < -0.4 is 9.15 Å². The second kappa shape index (κ2) is 8.04. The molecule has 8 nitrogen and oxygen atoms in total. The lowest BCUT2D eigenvalue weighted by Gasteiger charge is -2.33. The van der Waals surface area contributed by atoms with Crippen LogP contribution in [-0.4, -0.2) is 42.5 Å². The Bertz CT molecular complexity index is 1380. The van der Waals surface area contributed by atoms with Crippen molar-refractivity contribution in [1.29, 1.82) is 0 Å². The van der Waals surface area contributed by atoms with Crippen molar-refractivity contribution < 1.29 is 17.5 Å². The molecule has 2 aliphatic rings. The fourth-order valence-electron chi connectivity index (χ4n) is 4.09. The standard InChI is InChI=1S/C23H22FN5O3S/c1-16-14-27(15-25-16)21-10-5-17(13-22(21)32-2)12-18-4-3-11-28-23(18)26-33(30,31)29(28)20-8-6-19(24)7-9-20/h5-10,12-15H,3-4,11H2,1-2H3/b18-12+. The number of rotatable bonds is 4. The van der Waals surface area contributed by atoms with Crippen LogP contribution in [-0.2, 0) is 10.2 Å². The lowest BCUT2D eigenvalue weighted by molar-refractivity contribution is 0.412. The van der Waals surface area contributed by atoms with Crippen LogP contribution in [0.5, 0.6) is 5.75 Å². The molecule has 170 valence electrons. The molecule has 5 rings (SSSR count). The van der Waals surface area contributed by atoms with Gasteiger partial charge in [0.25, 0.3) is 0 Å². The van der Waals surface area contributed by atoms with E-state index in [9.17, 15) is 12.8 Å². The van der Waals surface area contributed by atoms with Crippen LogP contribution in [0.2, 0.25) is 0 Å². The number of imidazole rings is 1. The summed E-state index contributed by atoms with van der Waals surface area (Å²) in [7, 11) is -2.36. The van der Waals surface area contributed by atoms with Gasteiger partial charge in [-0.25, -0.2) is 9.37 Å². The van der Waals surface area contributed by atoms with Crippen molar-refractivity contribution in [2.24, 2.45) is 4.40 Å². The number of aryl methyl sites for hydroxylation is 1. The van der Waals surface area contributed by atoms with Gasteiger partial charge in [-0.3, -0.25) is 5.01 Å². The SMILES string of the molecule is COc1cc(/C=C2\CCCN3C2=NS(=O)(=O)N3c2ccc(F)cc2)ccc1-n1cnc(C)c1. The summed E-state index contributed by atoms with van der Waals surface area (Å²) >= 11 is 0. The Hall–Kier alpha value is -3.66. The summed E-state index contributed by atoms with van der Waals surface area (Å²) < 4.78 is 51.8. The zero-order valence-electron chi connectivity index (χ0n) is 18.1. The van der Waals surface area contributed by atoms with Crippen molar-refractivity contribution in [3.8, 4) is 11.4 Å². The van der Waals surface area contributed by atoms with Gasteiger partial charge in [0.05, 0.1) is 30.5 Å². The number of hydrogen-bond acceptors (Lipinski definition) is 5. The van der Waals surface area contributed by atoms with Crippen LogP contribution >= 0.6 is 0 Å². The molecular formula is C23H22FN5O3S. The number of anilines is 1. The van der Waals surface area contributed by atoms with Gasteiger partial charge in [0.15, 0.2) is 5.84 Å². The molecule has 1 fully saturated rings. The third-order valence-electron chi connectivity index (χ3n) is 5.57. The first-order chi connectivity index (χ1) is 15.9. The second-order valence-corrected chi connectivity index (χ2v) is 9.29. The first kappa shape index (κ1) is 21.2. The van der Waals surface area contributed by atoms with Gasteiger partial charge in [-0.05, 0) is 73.4 Å². The molecule has 3 aromatic rings. The number of piperidine rings is 1. The molecule has 10 heteroatoms. The van der Waals surface area contributed by atoms with Crippen molar-refractivity contribution in [3.63, 3.8) is 0 Å². The molecule has 0 saturated carbocycles. The Labute approximate surface area is 191 Å². The summed E-state index contributed by atoms with van der Waals surface area (Å²) in [5.41, 5.74) is 3.77. The summed E-state index contributed by atoms with van der Waals surface area (Å²) in [4.78, 5) is 4.26. The number of aromatic nitrogens is 2. The average molecular weight is 468 g/mol. The minimum absolute atomic E-state index is 0.345. The highest BCUT2D eigenvalue weighted by molar-refractivity contribution is 7.92. The Morgan fingerprint density at radius 3 is 2.64 bits per heavy atom. The number of amidine groups is 1. The summed E-state index contributed by atoms with van der Waals surface area (Å²) in [5, 5.41) is 1.64. The van der Waals surface area contributed by atoms with E-state index in [2.05, 4.69) is 9.38 Å². The molecule has 0 N–H and O–H groups in total. The van der Waals surface area contributed by atoms with Gasteiger partial charge in [0.1, 0.15) is 11.6 Å². The molecule has 2 aliphatic heterocycles. The Kier molecular flexibility index (Phi) is 5.16. The van der Waals surface area contributed by atoms with Crippen molar-refractivity contribution in [3.05, 3.63) is 77.6 Å². The van der Waals surface area contributed by atoms with E-state index in [4.69, 9.17) is 4.74 Å². The molecular weight excluding hydrogens is 445 g/mol. The molecule has 3 heterocycles. The van der Waals surface area contributed by atoms with E-state index in [-0.39, 0.29) is 0 Å². The first-order valence-corrected chi connectivity index (χ1v) is 11.8. The number of benzene rings is 2. The lowest BCUT2D eigenvalue weighted by atomic mass is 10.0. The van der Waals surface area contributed by atoms with Gasteiger partial charge >= 0.3 is 10.2 Å². The molecule has 33 heavy (non-hydrogen) atoms. The number of halogens is 1. The Morgan fingerprint density at radius 1 is 1.15 bits per heavy atom. The van der Waals surface area contributed by atoms with E-state index >= 15 is 0 Å². The number of methoxy groups -OCH3 is 1. The zero-order chi connectivity index (χ0) is 23.2. The maximum Gasteiger partial charge on any atom is 0.364 e. The quantitative estimate of drug-likeness (QED) is 0.582. The molecule has 0 spiro atoms. The van der Waals surface area contributed by atoms with Crippen LogP contribution in [0.4, 0.5) is 10.1 Å². The summed E-state index contributed by atoms with van der Waals surface area (Å²) in [5.74, 6) is 0.626. The third-order valence-corrected chi connectivity index (χ3v) is 6.82. The monoisotopic (exact) mass is 467 g/mol. The number of hydrazine groups is 1. The third kappa shape index (κ3) is 3.86. The van der Waals surface area contributed by atoms with Crippen molar-refractivity contribution >= 4 is 27.8 Å². The number of fused-ring (bicyclic) bond motifs is 1. The number of hydrogen-bond donors (Lipinski definition) is 0. The smallest absolute Gasteiger partial charge is 0.364 e. The molecule has 0 unspecified atom stereocenters. The molecule has 2 aromatic carbocycles. The Morgan fingerprint density at radius 2 is 1.94 bits per heavy atom. The van der Waals surface area contributed by atoms with E-state index in [1.165, 1.54) is 24.3 Å². The molecule has 1 saturated heterocycles. The molecule has 0 aliphatic carbocycles. The summed E-state index contributed by atoms with van der Waals surface area (Å²) in [6, 6.07) is 11.1. The van der Waals surface area contributed by atoms with Gasteiger partial charge in [0, 0.05) is 12.7 Å². The highest BCUT2D eigenvalue weighted by atomic mass is 32.2. The second-order valence-electron chi connectivity index (χ2n) is 7.86.